The molecule has 2 aromatic carbocycles. The molecule has 0 saturated carbocycles. The first kappa shape index (κ1) is 17.3. The molecule has 0 radical (unpaired) electrons. The topological polar surface area (TPSA) is 72.8 Å². The third-order valence-corrected chi connectivity index (χ3v) is 3.34. The fraction of sp³-hybridized carbons (Fsp3) is 0.158. The van der Waals surface area contributed by atoms with E-state index in [9.17, 15) is 9.59 Å². The molecule has 0 aliphatic heterocycles. The fourth-order valence-corrected chi connectivity index (χ4v) is 2.00. The number of carboxylic acid groups (broad SMARTS) is 1. The van der Waals surface area contributed by atoms with E-state index in [-0.39, 0.29) is 0 Å². The van der Waals surface area contributed by atoms with Crippen LogP contribution in [0.2, 0.25) is 0 Å². The Morgan fingerprint density at radius 1 is 1.08 bits per heavy atom. The van der Waals surface area contributed by atoms with Crippen LogP contribution in [0.25, 0.3) is 6.08 Å². The van der Waals surface area contributed by atoms with E-state index in [1.54, 1.807) is 18.2 Å². The zero-order valence-electron chi connectivity index (χ0n) is 13.5. The van der Waals surface area contributed by atoms with E-state index in [4.69, 9.17) is 14.6 Å². The fourth-order valence-electron chi connectivity index (χ4n) is 2.00. The van der Waals surface area contributed by atoms with E-state index >= 15 is 0 Å². The maximum absolute atomic E-state index is 11.1. The molecule has 0 fully saturated rings. The lowest BCUT2D eigenvalue weighted by atomic mass is 10.1. The summed E-state index contributed by atoms with van der Waals surface area (Å²) in [6, 6.07) is 13.1. The summed E-state index contributed by atoms with van der Waals surface area (Å²) in [7, 11) is 1.52. The van der Waals surface area contributed by atoms with Crippen LogP contribution in [0.15, 0.2) is 48.5 Å². The highest BCUT2D eigenvalue weighted by molar-refractivity contribution is 6.38. The number of ketones is 1. The van der Waals surface area contributed by atoms with Crippen molar-refractivity contribution in [2.24, 2.45) is 0 Å². The van der Waals surface area contributed by atoms with Crippen LogP contribution in [0, 0.1) is 6.92 Å². The van der Waals surface area contributed by atoms with Crippen molar-refractivity contribution >= 4 is 17.8 Å². The summed E-state index contributed by atoms with van der Waals surface area (Å²) in [6.45, 7) is 2.43. The molecule has 0 atom stereocenters. The van der Waals surface area contributed by atoms with E-state index in [1.165, 1.54) is 18.7 Å². The van der Waals surface area contributed by atoms with Crippen molar-refractivity contribution in [3.8, 4) is 11.5 Å². The molecule has 0 spiro atoms. The van der Waals surface area contributed by atoms with Gasteiger partial charge in [-0.3, -0.25) is 4.79 Å². The van der Waals surface area contributed by atoms with Crippen molar-refractivity contribution in [3.63, 3.8) is 0 Å². The summed E-state index contributed by atoms with van der Waals surface area (Å²) in [5.41, 5.74) is 2.87. The van der Waals surface area contributed by atoms with Gasteiger partial charge in [0.05, 0.1) is 7.11 Å². The minimum Gasteiger partial charge on any atom is -0.493 e. The van der Waals surface area contributed by atoms with Gasteiger partial charge in [0.15, 0.2) is 11.5 Å². The first-order valence-corrected chi connectivity index (χ1v) is 7.31. The average molecular weight is 326 g/mol. The van der Waals surface area contributed by atoms with Crippen LogP contribution < -0.4 is 9.47 Å². The smallest absolute Gasteiger partial charge is 0.376 e. The predicted octanol–water partition coefficient (Wildman–Crippen LogP) is 3.25. The van der Waals surface area contributed by atoms with Gasteiger partial charge in [0.1, 0.15) is 6.61 Å². The van der Waals surface area contributed by atoms with Crippen molar-refractivity contribution < 1.29 is 24.2 Å². The lowest BCUT2D eigenvalue weighted by Crippen LogP contribution is -2.08. The highest BCUT2D eigenvalue weighted by Crippen LogP contribution is 2.29. The summed E-state index contributed by atoms with van der Waals surface area (Å²) in [5, 5.41) is 8.55. The Balaban J connectivity index is 2.09. The lowest BCUT2D eigenvalue weighted by Gasteiger charge is -2.11. The van der Waals surface area contributed by atoms with Gasteiger partial charge in [-0.05, 0) is 36.3 Å². The second-order valence-corrected chi connectivity index (χ2v) is 5.19. The van der Waals surface area contributed by atoms with E-state index < -0.39 is 11.8 Å². The Kier molecular flexibility index (Phi) is 5.73. The van der Waals surface area contributed by atoms with E-state index in [1.807, 2.05) is 31.2 Å². The number of aryl methyl sites for hydroxylation is 1. The number of aliphatic carboxylic acids is 1. The SMILES string of the molecule is COc1cc(/C=C/C(=O)C(=O)O)ccc1OCc1ccc(C)cc1. The quantitative estimate of drug-likeness (QED) is 0.624. The molecule has 0 unspecified atom stereocenters. The van der Waals surface area contributed by atoms with Gasteiger partial charge in [-0.1, -0.05) is 42.0 Å². The van der Waals surface area contributed by atoms with Crippen LogP contribution in [0.5, 0.6) is 11.5 Å². The highest BCUT2D eigenvalue weighted by atomic mass is 16.5. The van der Waals surface area contributed by atoms with Crippen molar-refractivity contribution in [3.05, 3.63) is 65.2 Å². The van der Waals surface area contributed by atoms with Gasteiger partial charge in [-0.2, -0.15) is 0 Å². The molecule has 0 saturated heterocycles. The van der Waals surface area contributed by atoms with Crippen LogP contribution in [-0.4, -0.2) is 24.0 Å². The van der Waals surface area contributed by atoms with E-state index in [0.29, 0.717) is 23.7 Å². The third-order valence-electron chi connectivity index (χ3n) is 3.34. The van der Waals surface area contributed by atoms with E-state index in [2.05, 4.69) is 0 Å². The molecule has 124 valence electrons. The van der Waals surface area contributed by atoms with Crippen LogP contribution in [0.3, 0.4) is 0 Å². The number of carboxylic acids is 1. The van der Waals surface area contributed by atoms with Crippen LogP contribution in [0.4, 0.5) is 0 Å². The maximum atomic E-state index is 11.1. The van der Waals surface area contributed by atoms with Gasteiger partial charge >= 0.3 is 5.97 Å². The van der Waals surface area contributed by atoms with Gasteiger partial charge in [-0.25, -0.2) is 4.79 Å². The summed E-state index contributed by atoms with van der Waals surface area (Å²) < 4.78 is 11.1. The Labute approximate surface area is 140 Å². The molecule has 5 heteroatoms. The normalized spacial score (nSPS) is 10.6. The molecule has 24 heavy (non-hydrogen) atoms. The summed E-state index contributed by atoms with van der Waals surface area (Å²) in [4.78, 5) is 21.6. The second-order valence-electron chi connectivity index (χ2n) is 5.19. The van der Waals surface area contributed by atoms with Crippen molar-refractivity contribution in [2.75, 3.05) is 7.11 Å². The lowest BCUT2D eigenvalue weighted by molar-refractivity contribution is -0.146. The van der Waals surface area contributed by atoms with Crippen LogP contribution >= 0.6 is 0 Å². The first-order chi connectivity index (χ1) is 11.5. The molecule has 0 aliphatic carbocycles. The maximum Gasteiger partial charge on any atom is 0.376 e. The average Bonchev–Trinajstić information content (AvgIpc) is 2.59. The minimum atomic E-state index is -1.49. The minimum absolute atomic E-state index is 0.406. The summed E-state index contributed by atoms with van der Waals surface area (Å²) in [6.07, 6.45) is 2.42. The van der Waals surface area contributed by atoms with E-state index in [0.717, 1.165) is 11.6 Å². The largest absolute Gasteiger partial charge is 0.493 e. The number of methoxy groups -OCH3 is 1. The highest BCUT2D eigenvalue weighted by Gasteiger charge is 2.08. The number of carbonyl (C=O) groups excluding carboxylic acids is 1. The zero-order valence-corrected chi connectivity index (χ0v) is 13.5. The standard InChI is InChI=1S/C19H18O5/c1-13-3-5-15(6-4-13)12-24-17-10-8-14(11-18(17)23-2)7-9-16(20)19(21)22/h3-11H,12H2,1-2H3,(H,21,22)/b9-7+. The van der Waals surface area contributed by atoms with Crippen molar-refractivity contribution in [1.29, 1.82) is 0 Å². The molecule has 0 heterocycles. The van der Waals surface area contributed by atoms with Crippen molar-refractivity contribution in [2.45, 2.75) is 13.5 Å². The number of hydrogen-bond donors (Lipinski definition) is 1. The third kappa shape index (κ3) is 4.71. The molecular formula is C19H18O5. The Bertz CT molecular complexity index is 760. The van der Waals surface area contributed by atoms with Gasteiger partial charge in [0.2, 0.25) is 0 Å². The second kappa shape index (κ2) is 7.97. The number of rotatable bonds is 7. The summed E-state index contributed by atoms with van der Waals surface area (Å²) >= 11 is 0. The van der Waals surface area contributed by atoms with Gasteiger partial charge in [0, 0.05) is 0 Å². The number of ether oxygens (including phenoxy) is 2. The molecular weight excluding hydrogens is 308 g/mol. The Hall–Kier alpha value is -3.08. The monoisotopic (exact) mass is 326 g/mol. The molecule has 2 aromatic rings. The Morgan fingerprint density at radius 2 is 1.79 bits per heavy atom. The van der Waals surface area contributed by atoms with Gasteiger partial charge < -0.3 is 14.6 Å². The first-order valence-electron chi connectivity index (χ1n) is 7.31. The predicted molar refractivity (Wildman–Crippen MR) is 90.2 cm³/mol. The number of hydrogen-bond acceptors (Lipinski definition) is 4. The molecule has 0 aliphatic rings. The molecule has 0 aromatic heterocycles. The molecule has 1 N–H and O–H groups in total. The van der Waals surface area contributed by atoms with Crippen LogP contribution in [0.1, 0.15) is 16.7 Å². The Morgan fingerprint density at radius 3 is 2.42 bits per heavy atom. The molecule has 0 bridgehead atoms. The number of benzene rings is 2. The van der Waals surface area contributed by atoms with Gasteiger partial charge in [-0.15, -0.1) is 0 Å². The zero-order chi connectivity index (χ0) is 17.5. The number of carbonyl (C=O) groups is 2. The molecule has 0 amide bonds. The molecule has 2 rings (SSSR count). The van der Waals surface area contributed by atoms with Crippen LogP contribution in [-0.2, 0) is 16.2 Å². The van der Waals surface area contributed by atoms with Gasteiger partial charge in [0.25, 0.3) is 5.78 Å². The molecule has 5 nitrogen and oxygen atoms in total. The van der Waals surface area contributed by atoms with Crippen molar-refractivity contribution in [1.82, 2.24) is 0 Å². The summed E-state index contributed by atoms with van der Waals surface area (Å²) in [5.74, 6) is -1.39.